The number of anilines is 1. The second-order valence-electron chi connectivity index (χ2n) is 5.54. The van der Waals surface area contributed by atoms with Crippen molar-refractivity contribution in [3.63, 3.8) is 0 Å². The second-order valence-corrected chi connectivity index (χ2v) is 5.95. The molecule has 0 radical (unpaired) electrons. The summed E-state index contributed by atoms with van der Waals surface area (Å²) in [4.78, 5) is 0. The van der Waals surface area contributed by atoms with Crippen molar-refractivity contribution in [3.05, 3.63) is 35.5 Å². The number of hydrogen-bond donors (Lipinski definition) is 1. The van der Waals surface area contributed by atoms with E-state index < -0.39 is 0 Å². The van der Waals surface area contributed by atoms with Gasteiger partial charge in [0, 0.05) is 11.8 Å². The van der Waals surface area contributed by atoms with E-state index in [0.29, 0.717) is 16.8 Å². The van der Waals surface area contributed by atoms with Gasteiger partial charge in [0.05, 0.1) is 16.8 Å². The van der Waals surface area contributed by atoms with Gasteiger partial charge >= 0.3 is 0 Å². The Hall–Kier alpha value is -1.48. The first-order valence-electron chi connectivity index (χ1n) is 7.35. The van der Waals surface area contributed by atoms with E-state index in [1.807, 2.05) is 30.5 Å². The summed E-state index contributed by atoms with van der Waals surface area (Å²) < 4.78 is 2.05. The monoisotopic (exact) mass is 289 g/mol. The van der Waals surface area contributed by atoms with Gasteiger partial charge in [0.25, 0.3) is 0 Å². The summed E-state index contributed by atoms with van der Waals surface area (Å²) in [5, 5.41) is 5.41. The third kappa shape index (κ3) is 2.68. The van der Waals surface area contributed by atoms with Crippen LogP contribution in [0.4, 0.5) is 5.69 Å². The minimum absolute atomic E-state index is 0.482. The predicted octanol–water partition coefficient (Wildman–Crippen LogP) is 4.68. The molecule has 0 unspecified atom stereocenters. The molecule has 0 bridgehead atoms. The third-order valence-electron chi connectivity index (χ3n) is 4.09. The number of nitrogens with two attached hydrogens (primary N) is 1. The molecule has 0 aliphatic heterocycles. The highest BCUT2D eigenvalue weighted by Gasteiger charge is 2.18. The molecule has 0 spiro atoms. The number of halogens is 1. The molecule has 1 heterocycles. The van der Waals surface area contributed by atoms with Gasteiger partial charge in [-0.05, 0) is 18.9 Å². The van der Waals surface area contributed by atoms with Gasteiger partial charge in [-0.2, -0.15) is 5.10 Å². The molecule has 2 N–H and O–H groups in total. The lowest BCUT2D eigenvalue weighted by Gasteiger charge is -2.14. The van der Waals surface area contributed by atoms with Crippen LogP contribution >= 0.6 is 11.6 Å². The Kier molecular flexibility index (Phi) is 3.97. The van der Waals surface area contributed by atoms with E-state index >= 15 is 0 Å². The van der Waals surface area contributed by atoms with Crippen molar-refractivity contribution in [3.8, 4) is 11.3 Å². The highest BCUT2D eigenvalue weighted by molar-refractivity contribution is 6.33. The molecule has 0 amide bonds. The Balaban J connectivity index is 1.93. The Morgan fingerprint density at radius 3 is 2.50 bits per heavy atom. The molecule has 1 aromatic carbocycles. The Morgan fingerprint density at radius 1 is 1.10 bits per heavy atom. The minimum Gasteiger partial charge on any atom is -0.396 e. The van der Waals surface area contributed by atoms with E-state index in [1.54, 1.807) is 0 Å². The van der Waals surface area contributed by atoms with Crippen molar-refractivity contribution in [2.24, 2.45) is 0 Å². The van der Waals surface area contributed by atoms with Crippen molar-refractivity contribution in [2.45, 2.75) is 44.6 Å². The molecule has 0 saturated heterocycles. The van der Waals surface area contributed by atoms with E-state index in [4.69, 9.17) is 22.4 Å². The van der Waals surface area contributed by atoms with E-state index in [9.17, 15) is 0 Å². The summed E-state index contributed by atoms with van der Waals surface area (Å²) in [7, 11) is 0. The summed E-state index contributed by atoms with van der Waals surface area (Å²) in [6.45, 7) is 0. The molecule has 1 fully saturated rings. The molecule has 3 nitrogen and oxygen atoms in total. The van der Waals surface area contributed by atoms with Gasteiger partial charge in [-0.25, -0.2) is 0 Å². The van der Waals surface area contributed by atoms with Crippen LogP contribution < -0.4 is 5.73 Å². The first-order valence-corrected chi connectivity index (χ1v) is 7.73. The number of nitrogens with zero attached hydrogens (tertiary/aromatic N) is 2. The Bertz CT molecular complexity index is 583. The van der Waals surface area contributed by atoms with Gasteiger partial charge in [0.15, 0.2) is 0 Å². The lowest BCUT2D eigenvalue weighted by Crippen LogP contribution is -2.08. The SMILES string of the molecule is Nc1cn(C2CCCCCC2)nc1-c1ccccc1Cl. The summed E-state index contributed by atoms with van der Waals surface area (Å²) in [6, 6.07) is 8.21. The lowest BCUT2D eigenvalue weighted by molar-refractivity contribution is 0.406. The van der Waals surface area contributed by atoms with Crippen molar-refractivity contribution >= 4 is 17.3 Å². The molecule has 4 heteroatoms. The molecule has 0 atom stereocenters. The summed E-state index contributed by atoms with van der Waals surface area (Å²) in [5.41, 5.74) is 8.58. The minimum atomic E-state index is 0.482. The fourth-order valence-electron chi connectivity index (χ4n) is 2.98. The highest BCUT2D eigenvalue weighted by atomic mass is 35.5. The summed E-state index contributed by atoms with van der Waals surface area (Å²) in [5.74, 6) is 0. The first kappa shape index (κ1) is 13.5. The van der Waals surface area contributed by atoms with Crippen LogP contribution in [0.5, 0.6) is 0 Å². The highest BCUT2D eigenvalue weighted by Crippen LogP contribution is 2.33. The normalized spacial score (nSPS) is 17.1. The van der Waals surface area contributed by atoms with Gasteiger partial charge < -0.3 is 5.73 Å². The van der Waals surface area contributed by atoms with Crippen molar-refractivity contribution < 1.29 is 0 Å². The maximum absolute atomic E-state index is 6.25. The number of nitrogen functional groups attached to an aromatic ring is 1. The molecule has 1 saturated carbocycles. The molecular weight excluding hydrogens is 270 g/mol. The maximum Gasteiger partial charge on any atom is 0.117 e. The lowest BCUT2D eigenvalue weighted by atomic mass is 10.1. The predicted molar refractivity (Wildman–Crippen MR) is 83.8 cm³/mol. The molecule has 20 heavy (non-hydrogen) atoms. The van der Waals surface area contributed by atoms with E-state index in [2.05, 4.69) is 4.68 Å². The van der Waals surface area contributed by atoms with Crippen molar-refractivity contribution in [1.82, 2.24) is 9.78 Å². The van der Waals surface area contributed by atoms with Crippen LogP contribution in [0.25, 0.3) is 11.3 Å². The number of benzene rings is 1. The fraction of sp³-hybridized carbons (Fsp3) is 0.438. The maximum atomic E-state index is 6.25. The zero-order chi connectivity index (χ0) is 13.9. The smallest absolute Gasteiger partial charge is 0.117 e. The van der Waals surface area contributed by atoms with Gasteiger partial charge in [-0.1, -0.05) is 55.5 Å². The number of hydrogen-bond acceptors (Lipinski definition) is 2. The van der Waals surface area contributed by atoms with Crippen LogP contribution in [0.15, 0.2) is 30.5 Å². The first-order chi connectivity index (χ1) is 9.75. The molecular formula is C16H20ClN3. The van der Waals surface area contributed by atoms with E-state index in [1.165, 1.54) is 38.5 Å². The number of rotatable bonds is 2. The van der Waals surface area contributed by atoms with Crippen LogP contribution in [0.1, 0.15) is 44.6 Å². The summed E-state index contributed by atoms with van der Waals surface area (Å²) in [6.07, 6.45) is 9.60. The average molecular weight is 290 g/mol. The van der Waals surface area contributed by atoms with Crippen molar-refractivity contribution in [2.75, 3.05) is 5.73 Å². The van der Waals surface area contributed by atoms with Gasteiger partial charge in [0.2, 0.25) is 0 Å². The quantitative estimate of drug-likeness (QED) is 0.816. The zero-order valence-corrected chi connectivity index (χ0v) is 12.3. The van der Waals surface area contributed by atoms with Crippen LogP contribution in [-0.4, -0.2) is 9.78 Å². The van der Waals surface area contributed by atoms with Crippen LogP contribution in [0.3, 0.4) is 0 Å². The number of aromatic nitrogens is 2. The topological polar surface area (TPSA) is 43.8 Å². The fourth-order valence-corrected chi connectivity index (χ4v) is 3.20. The van der Waals surface area contributed by atoms with Gasteiger partial charge in [-0.15, -0.1) is 0 Å². The zero-order valence-electron chi connectivity index (χ0n) is 11.6. The Morgan fingerprint density at radius 2 is 1.80 bits per heavy atom. The van der Waals surface area contributed by atoms with E-state index in [-0.39, 0.29) is 0 Å². The molecule has 1 aliphatic rings. The standard InChI is InChI=1S/C16H20ClN3/c17-14-10-6-5-9-13(14)16-15(18)11-20(19-16)12-7-3-1-2-4-8-12/h5-6,9-12H,1-4,7-8,18H2. The third-order valence-corrected chi connectivity index (χ3v) is 4.42. The molecule has 106 valence electrons. The van der Waals surface area contributed by atoms with E-state index in [0.717, 1.165) is 11.3 Å². The Labute approximate surface area is 124 Å². The van der Waals surface area contributed by atoms with Crippen LogP contribution in [-0.2, 0) is 0 Å². The molecule has 3 rings (SSSR count). The van der Waals surface area contributed by atoms with Gasteiger partial charge in [0.1, 0.15) is 5.69 Å². The van der Waals surface area contributed by atoms with Crippen LogP contribution in [0.2, 0.25) is 5.02 Å². The largest absolute Gasteiger partial charge is 0.396 e. The van der Waals surface area contributed by atoms with Gasteiger partial charge in [-0.3, -0.25) is 4.68 Å². The molecule has 1 aliphatic carbocycles. The average Bonchev–Trinajstić information content (AvgIpc) is 2.67. The summed E-state index contributed by atoms with van der Waals surface area (Å²) >= 11 is 6.25. The molecule has 1 aromatic heterocycles. The second kappa shape index (κ2) is 5.88. The van der Waals surface area contributed by atoms with Crippen LogP contribution in [0, 0.1) is 0 Å². The van der Waals surface area contributed by atoms with Crippen molar-refractivity contribution in [1.29, 1.82) is 0 Å². The molecule has 2 aromatic rings.